The van der Waals surface area contributed by atoms with Gasteiger partial charge in [-0.05, 0) is 12.8 Å². The lowest BCUT2D eigenvalue weighted by Gasteiger charge is -2.01. The van der Waals surface area contributed by atoms with Crippen LogP contribution in [-0.4, -0.2) is 32.7 Å². The fraction of sp³-hybridized carbons (Fsp3) is 0.667. The van der Waals surface area contributed by atoms with Gasteiger partial charge in [-0.2, -0.15) is 0 Å². The highest BCUT2D eigenvalue weighted by Gasteiger charge is 2.34. The minimum Gasteiger partial charge on any atom is -0.480 e. The predicted octanol–water partition coefficient (Wildman–Crippen LogP) is 0.420. The molecule has 0 unspecified atom stereocenters. The van der Waals surface area contributed by atoms with Gasteiger partial charge in [-0.15, -0.1) is 11.8 Å². The zero-order valence-electron chi connectivity index (χ0n) is 5.69. The molecule has 0 spiro atoms. The second-order valence-corrected chi connectivity index (χ2v) is 3.78. The van der Waals surface area contributed by atoms with E-state index in [0.717, 1.165) is 11.8 Å². The van der Waals surface area contributed by atoms with Crippen LogP contribution in [0.5, 0.6) is 0 Å². The molecule has 1 heterocycles. The van der Waals surface area contributed by atoms with Crippen LogP contribution in [0.15, 0.2) is 0 Å². The molecule has 0 aliphatic carbocycles. The van der Waals surface area contributed by atoms with Crippen LogP contribution in [0, 0.1) is 0 Å². The van der Waals surface area contributed by atoms with Gasteiger partial charge >= 0.3 is 11.9 Å². The average Bonchev–Trinajstić information content (AvgIpc) is 2.33. The van der Waals surface area contributed by atoms with Crippen molar-refractivity contribution in [3.63, 3.8) is 0 Å². The quantitative estimate of drug-likeness (QED) is 0.637. The van der Waals surface area contributed by atoms with Crippen molar-refractivity contribution in [2.45, 2.75) is 23.3 Å². The Morgan fingerprint density at radius 2 is 1.45 bits per heavy atom. The van der Waals surface area contributed by atoms with E-state index in [1.54, 1.807) is 0 Å². The fourth-order valence-corrected chi connectivity index (χ4v) is 2.17. The van der Waals surface area contributed by atoms with E-state index >= 15 is 0 Å². The predicted molar refractivity (Wildman–Crippen MR) is 39.7 cm³/mol. The number of carbonyl (C=O) groups is 2. The van der Waals surface area contributed by atoms with Gasteiger partial charge in [0, 0.05) is 0 Å². The number of rotatable bonds is 2. The molecule has 2 atom stereocenters. The summed E-state index contributed by atoms with van der Waals surface area (Å²) in [6.07, 6.45) is 0.938. The zero-order chi connectivity index (χ0) is 8.43. The molecule has 0 radical (unpaired) electrons. The van der Waals surface area contributed by atoms with Crippen LogP contribution < -0.4 is 0 Å². The Morgan fingerprint density at radius 1 is 1.09 bits per heavy atom. The maximum Gasteiger partial charge on any atom is 0.316 e. The average molecular weight is 176 g/mol. The second kappa shape index (κ2) is 3.13. The molecule has 4 nitrogen and oxygen atoms in total. The molecule has 0 bridgehead atoms. The van der Waals surface area contributed by atoms with Crippen molar-refractivity contribution < 1.29 is 19.8 Å². The third-order valence-electron chi connectivity index (χ3n) is 1.57. The van der Waals surface area contributed by atoms with Crippen LogP contribution >= 0.6 is 11.8 Å². The van der Waals surface area contributed by atoms with Gasteiger partial charge in [0.05, 0.1) is 0 Å². The molecule has 0 aromatic heterocycles. The Bertz CT molecular complexity index is 171. The minimum atomic E-state index is -0.904. The summed E-state index contributed by atoms with van der Waals surface area (Å²) in [6.45, 7) is 0. The molecule has 0 aromatic carbocycles. The lowest BCUT2D eigenvalue weighted by atomic mass is 10.2. The van der Waals surface area contributed by atoms with Gasteiger partial charge in [0.15, 0.2) is 0 Å². The molecule has 62 valence electrons. The molecule has 0 aromatic rings. The highest BCUT2D eigenvalue weighted by Crippen LogP contribution is 2.33. The SMILES string of the molecule is O=C(O)[C@@H]1CC[C@@H](C(=O)O)S1. The maximum absolute atomic E-state index is 10.4. The van der Waals surface area contributed by atoms with Crippen LogP contribution in [0.25, 0.3) is 0 Å². The Morgan fingerprint density at radius 3 is 1.64 bits per heavy atom. The highest BCUT2D eigenvalue weighted by molar-refractivity contribution is 8.02. The van der Waals surface area contributed by atoms with E-state index in [0.29, 0.717) is 12.8 Å². The Balaban J connectivity index is 2.47. The van der Waals surface area contributed by atoms with Crippen molar-refractivity contribution in [2.75, 3.05) is 0 Å². The number of carboxylic acid groups (broad SMARTS) is 2. The van der Waals surface area contributed by atoms with Crippen LogP contribution in [0.2, 0.25) is 0 Å². The van der Waals surface area contributed by atoms with Gasteiger partial charge in [-0.3, -0.25) is 9.59 Å². The first-order valence-electron chi connectivity index (χ1n) is 3.22. The number of hydrogen-bond donors (Lipinski definition) is 2. The molecule has 1 aliphatic heterocycles. The summed E-state index contributed by atoms with van der Waals surface area (Å²) < 4.78 is 0. The van der Waals surface area contributed by atoms with Crippen LogP contribution in [0.3, 0.4) is 0 Å². The Kier molecular flexibility index (Phi) is 2.38. The lowest BCUT2D eigenvalue weighted by Crippen LogP contribution is -2.15. The highest BCUT2D eigenvalue weighted by atomic mass is 32.2. The molecular weight excluding hydrogens is 168 g/mol. The van der Waals surface area contributed by atoms with Gasteiger partial charge < -0.3 is 10.2 Å². The summed E-state index contributed by atoms with van der Waals surface area (Å²) >= 11 is 1.03. The van der Waals surface area contributed by atoms with Crippen molar-refractivity contribution in [1.82, 2.24) is 0 Å². The minimum absolute atomic E-state index is 0.469. The standard InChI is InChI=1S/C6H8O4S/c7-5(8)3-1-2-4(11-3)6(9)10/h3-4H,1-2H2,(H,7,8)(H,9,10)/t3-,4-/m0/s1. The summed E-state index contributed by atoms with van der Waals surface area (Å²) in [5.41, 5.74) is 0. The van der Waals surface area contributed by atoms with Crippen molar-refractivity contribution in [2.24, 2.45) is 0 Å². The summed E-state index contributed by atoms with van der Waals surface area (Å²) in [7, 11) is 0. The van der Waals surface area contributed by atoms with E-state index in [-0.39, 0.29) is 0 Å². The third kappa shape index (κ3) is 1.86. The molecule has 0 saturated carbocycles. The van der Waals surface area contributed by atoms with E-state index in [4.69, 9.17) is 10.2 Å². The first-order valence-corrected chi connectivity index (χ1v) is 4.16. The van der Waals surface area contributed by atoms with Crippen molar-refractivity contribution in [3.8, 4) is 0 Å². The zero-order valence-corrected chi connectivity index (χ0v) is 6.50. The summed E-state index contributed by atoms with van der Waals surface area (Å²) in [6, 6.07) is 0. The first-order chi connectivity index (χ1) is 5.11. The van der Waals surface area contributed by atoms with Gasteiger partial charge in [-0.25, -0.2) is 0 Å². The number of carboxylic acids is 2. The topological polar surface area (TPSA) is 74.6 Å². The van der Waals surface area contributed by atoms with Crippen LogP contribution in [-0.2, 0) is 9.59 Å². The molecule has 1 fully saturated rings. The van der Waals surface area contributed by atoms with Gasteiger partial charge in [0.25, 0.3) is 0 Å². The van der Waals surface area contributed by atoms with E-state index in [1.807, 2.05) is 0 Å². The van der Waals surface area contributed by atoms with Crippen molar-refractivity contribution in [3.05, 3.63) is 0 Å². The number of hydrogen-bond acceptors (Lipinski definition) is 3. The van der Waals surface area contributed by atoms with E-state index < -0.39 is 22.4 Å². The Labute approximate surface area is 67.6 Å². The molecule has 1 saturated heterocycles. The fourth-order valence-electron chi connectivity index (χ4n) is 1.00. The largest absolute Gasteiger partial charge is 0.480 e. The van der Waals surface area contributed by atoms with E-state index in [9.17, 15) is 9.59 Å². The summed E-state index contributed by atoms with van der Waals surface area (Å²) in [4.78, 5) is 20.7. The summed E-state index contributed by atoms with van der Waals surface area (Å²) in [5.74, 6) is -1.81. The van der Waals surface area contributed by atoms with Gasteiger partial charge in [-0.1, -0.05) is 0 Å². The van der Waals surface area contributed by atoms with Crippen LogP contribution in [0.1, 0.15) is 12.8 Å². The first kappa shape index (κ1) is 8.39. The third-order valence-corrected chi connectivity index (χ3v) is 3.10. The normalized spacial score (nSPS) is 30.2. The van der Waals surface area contributed by atoms with Crippen LogP contribution in [0.4, 0.5) is 0 Å². The maximum atomic E-state index is 10.4. The molecule has 1 aliphatic rings. The Hall–Kier alpha value is -0.710. The van der Waals surface area contributed by atoms with E-state index in [1.165, 1.54) is 0 Å². The van der Waals surface area contributed by atoms with Gasteiger partial charge in [0.1, 0.15) is 10.5 Å². The molecule has 0 amide bonds. The van der Waals surface area contributed by atoms with Crippen molar-refractivity contribution in [1.29, 1.82) is 0 Å². The molecule has 11 heavy (non-hydrogen) atoms. The second-order valence-electron chi connectivity index (χ2n) is 2.37. The lowest BCUT2D eigenvalue weighted by molar-refractivity contribution is -0.137. The molecule has 5 heteroatoms. The molecule has 2 N–H and O–H groups in total. The monoisotopic (exact) mass is 176 g/mol. The van der Waals surface area contributed by atoms with Crippen molar-refractivity contribution >= 4 is 23.7 Å². The summed E-state index contributed by atoms with van der Waals surface area (Å²) in [5, 5.41) is 16.0. The van der Waals surface area contributed by atoms with E-state index in [2.05, 4.69) is 0 Å². The van der Waals surface area contributed by atoms with Gasteiger partial charge in [0.2, 0.25) is 0 Å². The molecular formula is C6H8O4S. The number of thioether (sulfide) groups is 1. The smallest absolute Gasteiger partial charge is 0.316 e. The molecule has 1 rings (SSSR count). The number of aliphatic carboxylic acids is 2.